The number of hydrogen-bond acceptors (Lipinski definition) is 2. The number of aromatic nitrogens is 1. The van der Waals surface area contributed by atoms with Crippen molar-refractivity contribution in [1.82, 2.24) is 4.98 Å². The van der Waals surface area contributed by atoms with E-state index in [1.54, 1.807) is 0 Å². The SMILES string of the molecule is CCC1CCC(O)C(Cc2ccc(Br)cn2)C1. The van der Waals surface area contributed by atoms with Gasteiger partial charge >= 0.3 is 0 Å². The smallest absolute Gasteiger partial charge is 0.0572 e. The molecule has 0 radical (unpaired) electrons. The van der Waals surface area contributed by atoms with Crippen LogP contribution in [-0.2, 0) is 6.42 Å². The summed E-state index contributed by atoms with van der Waals surface area (Å²) in [4.78, 5) is 4.40. The predicted molar refractivity (Wildman–Crippen MR) is 72.8 cm³/mol. The summed E-state index contributed by atoms with van der Waals surface area (Å²) in [6.07, 6.45) is 7.13. The van der Waals surface area contributed by atoms with Gasteiger partial charge in [-0.2, -0.15) is 0 Å². The molecule has 3 heteroatoms. The minimum atomic E-state index is -0.136. The quantitative estimate of drug-likeness (QED) is 0.925. The minimum absolute atomic E-state index is 0.136. The summed E-state index contributed by atoms with van der Waals surface area (Å²) in [5.41, 5.74) is 1.09. The maximum atomic E-state index is 10.1. The van der Waals surface area contributed by atoms with Crippen LogP contribution < -0.4 is 0 Å². The molecular formula is C14H20BrNO. The molecule has 94 valence electrons. The minimum Gasteiger partial charge on any atom is -0.393 e. The number of pyridine rings is 1. The van der Waals surface area contributed by atoms with Crippen LogP contribution in [0.2, 0.25) is 0 Å². The molecule has 0 saturated heterocycles. The van der Waals surface area contributed by atoms with E-state index in [-0.39, 0.29) is 6.10 Å². The molecule has 0 amide bonds. The third kappa shape index (κ3) is 3.52. The summed E-state index contributed by atoms with van der Waals surface area (Å²) >= 11 is 3.39. The van der Waals surface area contributed by atoms with Crippen molar-refractivity contribution in [3.05, 3.63) is 28.5 Å². The standard InChI is InChI=1S/C14H20BrNO/c1-2-10-3-6-14(17)11(7-10)8-13-5-4-12(15)9-16-13/h4-5,9-11,14,17H,2-3,6-8H2,1H3. The number of aliphatic hydroxyl groups excluding tert-OH is 1. The van der Waals surface area contributed by atoms with Crippen LogP contribution in [0, 0.1) is 11.8 Å². The molecule has 0 spiro atoms. The van der Waals surface area contributed by atoms with Crippen LogP contribution in [0.15, 0.2) is 22.8 Å². The van der Waals surface area contributed by atoms with Gasteiger partial charge in [-0.15, -0.1) is 0 Å². The van der Waals surface area contributed by atoms with Crippen LogP contribution in [0.25, 0.3) is 0 Å². The zero-order chi connectivity index (χ0) is 12.3. The van der Waals surface area contributed by atoms with E-state index >= 15 is 0 Å². The number of halogens is 1. The molecule has 1 aliphatic rings. The van der Waals surface area contributed by atoms with Crippen molar-refractivity contribution in [1.29, 1.82) is 0 Å². The van der Waals surface area contributed by atoms with E-state index < -0.39 is 0 Å². The maximum Gasteiger partial charge on any atom is 0.0572 e. The van der Waals surface area contributed by atoms with Crippen LogP contribution in [0.3, 0.4) is 0 Å². The highest BCUT2D eigenvalue weighted by Crippen LogP contribution is 2.33. The van der Waals surface area contributed by atoms with Crippen molar-refractivity contribution in [2.75, 3.05) is 0 Å². The Hall–Kier alpha value is -0.410. The van der Waals surface area contributed by atoms with Gasteiger partial charge in [-0.1, -0.05) is 13.3 Å². The fourth-order valence-electron chi connectivity index (χ4n) is 2.73. The first-order chi connectivity index (χ1) is 8.19. The lowest BCUT2D eigenvalue weighted by atomic mass is 9.76. The molecule has 1 aromatic rings. The first-order valence-electron chi connectivity index (χ1n) is 6.47. The molecule has 3 atom stereocenters. The number of nitrogens with zero attached hydrogens (tertiary/aromatic N) is 1. The van der Waals surface area contributed by atoms with E-state index in [2.05, 4.69) is 27.8 Å². The summed E-state index contributed by atoms with van der Waals surface area (Å²) in [7, 11) is 0. The third-order valence-corrected chi connectivity index (χ3v) is 4.36. The van der Waals surface area contributed by atoms with Crippen molar-refractivity contribution in [2.45, 2.75) is 45.1 Å². The van der Waals surface area contributed by atoms with Crippen molar-refractivity contribution < 1.29 is 5.11 Å². The van der Waals surface area contributed by atoms with Crippen molar-refractivity contribution >= 4 is 15.9 Å². The molecule has 0 aliphatic heterocycles. The molecule has 0 aromatic carbocycles. The zero-order valence-corrected chi connectivity index (χ0v) is 11.9. The molecule has 17 heavy (non-hydrogen) atoms. The number of aliphatic hydroxyl groups is 1. The van der Waals surface area contributed by atoms with Gasteiger partial charge in [0.2, 0.25) is 0 Å². The Bertz CT molecular complexity index is 352. The Kier molecular flexibility index (Phi) is 4.57. The highest BCUT2D eigenvalue weighted by atomic mass is 79.9. The van der Waals surface area contributed by atoms with Crippen molar-refractivity contribution in [2.24, 2.45) is 11.8 Å². The lowest BCUT2D eigenvalue weighted by Gasteiger charge is -2.32. The largest absolute Gasteiger partial charge is 0.393 e. The fourth-order valence-corrected chi connectivity index (χ4v) is 2.97. The van der Waals surface area contributed by atoms with E-state index in [1.165, 1.54) is 12.8 Å². The van der Waals surface area contributed by atoms with Gasteiger partial charge < -0.3 is 5.11 Å². The monoisotopic (exact) mass is 297 g/mol. The molecule has 1 N–H and O–H groups in total. The summed E-state index contributed by atoms with van der Waals surface area (Å²) in [5.74, 6) is 1.18. The van der Waals surface area contributed by atoms with Gasteiger partial charge in [0.25, 0.3) is 0 Å². The molecule has 1 heterocycles. The normalized spacial score (nSPS) is 29.2. The predicted octanol–water partition coefficient (Wildman–Crippen LogP) is 3.57. The highest BCUT2D eigenvalue weighted by Gasteiger charge is 2.28. The second-order valence-corrected chi connectivity index (χ2v) is 6.00. The fraction of sp³-hybridized carbons (Fsp3) is 0.643. The van der Waals surface area contributed by atoms with Crippen molar-refractivity contribution in [3.63, 3.8) is 0 Å². The zero-order valence-electron chi connectivity index (χ0n) is 10.3. The average Bonchev–Trinajstić information content (AvgIpc) is 2.35. The van der Waals surface area contributed by atoms with Crippen LogP contribution in [0.4, 0.5) is 0 Å². The van der Waals surface area contributed by atoms with Gasteiger partial charge in [0.05, 0.1) is 6.10 Å². The van der Waals surface area contributed by atoms with Crippen LogP contribution in [0.5, 0.6) is 0 Å². The highest BCUT2D eigenvalue weighted by molar-refractivity contribution is 9.10. The van der Waals surface area contributed by atoms with E-state index in [4.69, 9.17) is 0 Å². The maximum absolute atomic E-state index is 10.1. The second-order valence-electron chi connectivity index (χ2n) is 5.09. The van der Waals surface area contributed by atoms with Crippen molar-refractivity contribution in [3.8, 4) is 0 Å². The van der Waals surface area contributed by atoms with Crippen LogP contribution in [0.1, 0.15) is 38.3 Å². The summed E-state index contributed by atoms with van der Waals surface area (Å²) in [5, 5.41) is 10.1. The first-order valence-corrected chi connectivity index (χ1v) is 7.26. The molecule has 0 bridgehead atoms. The molecule has 3 unspecified atom stereocenters. The topological polar surface area (TPSA) is 33.1 Å². The van der Waals surface area contributed by atoms with Gasteiger partial charge in [0, 0.05) is 16.4 Å². The molecule has 1 aliphatic carbocycles. The van der Waals surface area contributed by atoms with Gasteiger partial charge in [0.15, 0.2) is 0 Å². The Morgan fingerprint density at radius 2 is 2.24 bits per heavy atom. The molecule has 1 saturated carbocycles. The Morgan fingerprint density at radius 3 is 2.88 bits per heavy atom. The van der Waals surface area contributed by atoms with E-state index in [0.717, 1.165) is 35.3 Å². The summed E-state index contributed by atoms with van der Waals surface area (Å²) in [6, 6.07) is 4.07. The molecule has 1 aromatic heterocycles. The molecule has 2 nitrogen and oxygen atoms in total. The Morgan fingerprint density at radius 1 is 1.41 bits per heavy atom. The lowest BCUT2D eigenvalue weighted by Crippen LogP contribution is -2.30. The van der Waals surface area contributed by atoms with Gasteiger partial charge in [-0.25, -0.2) is 0 Å². The Balaban J connectivity index is 1.98. The second kappa shape index (κ2) is 5.96. The molecule has 1 fully saturated rings. The summed E-state index contributed by atoms with van der Waals surface area (Å²) in [6.45, 7) is 2.25. The molecule has 2 rings (SSSR count). The van der Waals surface area contributed by atoms with E-state index in [9.17, 15) is 5.11 Å². The first kappa shape index (κ1) is 13.0. The third-order valence-electron chi connectivity index (χ3n) is 3.89. The summed E-state index contributed by atoms with van der Waals surface area (Å²) < 4.78 is 1.01. The number of hydrogen-bond donors (Lipinski definition) is 1. The Labute approximate surface area is 112 Å². The molecular weight excluding hydrogens is 278 g/mol. The lowest BCUT2D eigenvalue weighted by molar-refractivity contribution is 0.0470. The van der Waals surface area contributed by atoms with E-state index in [0.29, 0.717) is 5.92 Å². The average molecular weight is 298 g/mol. The van der Waals surface area contributed by atoms with Crippen LogP contribution in [-0.4, -0.2) is 16.2 Å². The van der Waals surface area contributed by atoms with Gasteiger partial charge in [0.1, 0.15) is 0 Å². The van der Waals surface area contributed by atoms with Gasteiger partial charge in [-0.05, 0) is 65.6 Å². The van der Waals surface area contributed by atoms with E-state index in [1.807, 2.05) is 18.3 Å². The number of rotatable bonds is 3. The van der Waals surface area contributed by atoms with Crippen LogP contribution >= 0.6 is 15.9 Å². The van der Waals surface area contributed by atoms with Gasteiger partial charge in [-0.3, -0.25) is 4.98 Å².